The van der Waals surface area contributed by atoms with E-state index in [0.717, 1.165) is 57.2 Å². The van der Waals surface area contributed by atoms with E-state index in [9.17, 15) is 0 Å². The van der Waals surface area contributed by atoms with Gasteiger partial charge in [0, 0.05) is 51.0 Å². The van der Waals surface area contributed by atoms with Gasteiger partial charge in [-0.15, -0.1) is 0 Å². The molecule has 0 amide bonds. The van der Waals surface area contributed by atoms with Gasteiger partial charge in [-0.1, -0.05) is 29.8 Å². The molecule has 2 aliphatic rings. The molecule has 31 heavy (non-hydrogen) atoms. The number of morpholine rings is 1. The van der Waals surface area contributed by atoms with Gasteiger partial charge in [0.15, 0.2) is 5.96 Å². The van der Waals surface area contributed by atoms with Crippen LogP contribution in [0, 0.1) is 12.8 Å². The predicted molar refractivity (Wildman–Crippen MR) is 122 cm³/mol. The average Bonchev–Trinajstić information content (AvgIpc) is 3.24. The van der Waals surface area contributed by atoms with E-state index in [1.165, 1.54) is 11.1 Å². The van der Waals surface area contributed by atoms with Crippen LogP contribution in [0.15, 0.2) is 41.7 Å². The van der Waals surface area contributed by atoms with Gasteiger partial charge < -0.3 is 19.7 Å². The molecule has 3 unspecified atom stereocenters. The van der Waals surface area contributed by atoms with Gasteiger partial charge in [-0.2, -0.15) is 5.10 Å². The summed E-state index contributed by atoms with van der Waals surface area (Å²) in [7, 11) is 1.94. The molecule has 0 aliphatic carbocycles. The Morgan fingerprint density at radius 1 is 1.19 bits per heavy atom. The van der Waals surface area contributed by atoms with Crippen molar-refractivity contribution in [2.45, 2.75) is 38.9 Å². The predicted octanol–water partition coefficient (Wildman–Crippen LogP) is 3.24. The van der Waals surface area contributed by atoms with Gasteiger partial charge in [0.05, 0.1) is 25.5 Å². The van der Waals surface area contributed by atoms with Crippen molar-refractivity contribution in [3.05, 3.63) is 53.3 Å². The lowest BCUT2D eigenvalue weighted by Gasteiger charge is -2.35. The first-order valence-corrected chi connectivity index (χ1v) is 11.5. The molecular weight excluding hydrogens is 390 g/mol. The highest BCUT2D eigenvalue weighted by Gasteiger charge is 2.29. The van der Waals surface area contributed by atoms with E-state index < -0.39 is 0 Å². The number of aryl methyl sites for hydroxylation is 2. The second-order valence-electron chi connectivity index (χ2n) is 8.55. The van der Waals surface area contributed by atoms with Crippen molar-refractivity contribution < 1.29 is 9.47 Å². The van der Waals surface area contributed by atoms with Crippen LogP contribution in [0.3, 0.4) is 0 Å². The van der Waals surface area contributed by atoms with Crippen LogP contribution < -0.4 is 5.32 Å². The second-order valence-corrected chi connectivity index (χ2v) is 8.55. The van der Waals surface area contributed by atoms with Crippen molar-refractivity contribution in [2.24, 2.45) is 18.0 Å². The maximum absolute atomic E-state index is 6.20. The van der Waals surface area contributed by atoms with Crippen LogP contribution in [-0.4, -0.2) is 60.0 Å². The number of nitrogens with zero attached hydrogens (tertiary/aromatic N) is 4. The fraction of sp³-hybridized carbons (Fsp3) is 0.583. The molecule has 1 aromatic carbocycles. The molecule has 3 atom stereocenters. The van der Waals surface area contributed by atoms with Gasteiger partial charge in [0.2, 0.25) is 0 Å². The molecule has 2 fully saturated rings. The normalized spacial score (nSPS) is 24.9. The van der Waals surface area contributed by atoms with E-state index in [0.29, 0.717) is 12.5 Å². The second kappa shape index (κ2) is 10.3. The molecule has 4 rings (SSSR count). The number of hydrogen-bond donors (Lipinski definition) is 1. The van der Waals surface area contributed by atoms with Crippen LogP contribution in [-0.2, 0) is 16.5 Å². The van der Waals surface area contributed by atoms with Crippen molar-refractivity contribution in [1.29, 1.82) is 0 Å². The number of nitrogens with one attached hydrogen (secondary N) is 1. The fourth-order valence-electron chi connectivity index (χ4n) is 4.43. The Hall–Kier alpha value is -2.38. The number of ether oxygens (including phenoxy) is 2. The smallest absolute Gasteiger partial charge is 0.194 e. The number of hydrogen-bond acceptors (Lipinski definition) is 4. The van der Waals surface area contributed by atoms with E-state index >= 15 is 0 Å². The molecule has 2 aromatic rings. The number of benzene rings is 1. The van der Waals surface area contributed by atoms with E-state index in [1.807, 2.05) is 24.1 Å². The summed E-state index contributed by atoms with van der Waals surface area (Å²) in [6, 6.07) is 8.75. The highest BCUT2D eigenvalue weighted by molar-refractivity contribution is 5.80. The Kier molecular flexibility index (Phi) is 7.25. The summed E-state index contributed by atoms with van der Waals surface area (Å²) in [6.45, 7) is 8.97. The SMILES string of the molecule is CCNC(=NCC1CCCOC1c1ccc(C)cc1)N1CCOC(c2cnn(C)c2)C1. The quantitative estimate of drug-likeness (QED) is 0.589. The average molecular weight is 426 g/mol. The van der Waals surface area contributed by atoms with E-state index in [2.05, 4.69) is 53.4 Å². The van der Waals surface area contributed by atoms with Crippen LogP contribution in [0.4, 0.5) is 0 Å². The zero-order chi connectivity index (χ0) is 21.6. The number of rotatable bonds is 5. The number of aliphatic imine (C=N–C) groups is 1. The van der Waals surface area contributed by atoms with E-state index in [1.54, 1.807) is 0 Å². The van der Waals surface area contributed by atoms with Gasteiger partial charge in [0.1, 0.15) is 6.10 Å². The Morgan fingerprint density at radius 2 is 2.03 bits per heavy atom. The van der Waals surface area contributed by atoms with E-state index in [4.69, 9.17) is 14.5 Å². The molecule has 7 heteroatoms. The van der Waals surface area contributed by atoms with Crippen LogP contribution >= 0.6 is 0 Å². The Balaban J connectivity index is 1.46. The van der Waals surface area contributed by atoms with Crippen LogP contribution in [0.5, 0.6) is 0 Å². The van der Waals surface area contributed by atoms with Crippen molar-refractivity contribution in [1.82, 2.24) is 20.0 Å². The molecule has 2 saturated heterocycles. The molecule has 168 valence electrons. The summed E-state index contributed by atoms with van der Waals surface area (Å²) in [6.07, 6.45) is 6.30. The standard InChI is InChI=1S/C24H35N5O2/c1-4-25-24(29-11-13-30-22(17-29)21-15-27-28(3)16-21)26-14-20-6-5-12-31-23(20)19-9-7-18(2)8-10-19/h7-10,15-16,20,22-23H,4-6,11-14,17H2,1-3H3,(H,25,26). The minimum atomic E-state index is 0.0182. The van der Waals surface area contributed by atoms with Crippen molar-refractivity contribution >= 4 is 5.96 Å². The summed E-state index contributed by atoms with van der Waals surface area (Å²) in [5.41, 5.74) is 3.65. The molecule has 1 aromatic heterocycles. The number of guanidine groups is 1. The van der Waals surface area contributed by atoms with Gasteiger partial charge in [0.25, 0.3) is 0 Å². The molecule has 2 aliphatic heterocycles. The lowest BCUT2D eigenvalue weighted by atomic mass is 9.89. The minimum Gasteiger partial charge on any atom is -0.373 e. The van der Waals surface area contributed by atoms with Crippen LogP contribution in [0.1, 0.15) is 48.7 Å². The zero-order valence-electron chi connectivity index (χ0n) is 19.0. The Labute approximate surface area is 185 Å². The maximum atomic E-state index is 6.20. The van der Waals surface area contributed by atoms with Crippen LogP contribution in [0.25, 0.3) is 0 Å². The first-order chi connectivity index (χ1) is 15.1. The van der Waals surface area contributed by atoms with Gasteiger partial charge in [-0.3, -0.25) is 9.67 Å². The molecule has 0 spiro atoms. The highest BCUT2D eigenvalue weighted by Crippen LogP contribution is 2.34. The molecule has 0 bridgehead atoms. The third kappa shape index (κ3) is 5.46. The molecule has 0 radical (unpaired) electrons. The van der Waals surface area contributed by atoms with Crippen molar-refractivity contribution in [2.75, 3.05) is 39.4 Å². The summed E-state index contributed by atoms with van der Waals surface area (Å²) in [5.74, 6) is 1.35. The molecular formula is C24H35N5O2. The summed E-state index contributed by atoms with van der Waals surface area (Å²) in [4.78, 5) is 7.38. The summed E-state index contributed by atoms with van der Waals surface area (Å²) >= 11 is 0. The Morgan fingerprint density at radius 3 is 2.77 bits per heavy atom. The van der Waals surface area contributed by atoms with Crippen molar-refractivity contribution in [3.8, 4) is 0 Å². The van der Waals surface area contributed by atoms with Gasteiger partial charge >= 0.3 is 0 Å². The van der Waals surface area contributed by atoms with Crippen molar-refractivity contribution in [3.63, 3.8) is 0 Å². The molecule has 3 heterocycles. The third-order valence-corrected chi connectivity index (χ3v) is 6.12. The highest BCUT2D eigenvalue weighted by atomic mass is 16.5. The first kappa shape index (κ1) is 21.8. The zero-order valence-corrected chi connectivity index (χ0v) is 19.0. The van der Waals surface area contributed by atoms with Crippen LogP contribution in [0.2, 0.25) is 0 Å². The first-order valence-electron chi connectivity index (χ1n) is 11.5. The number of aromatic nitrogens is 2. The molecule has 0 saturated carbocycles. The monoisotopic (exact) mass is 425 g/mol. The minimum absolute atomic E-state index is 0.0182. The molecule has 1 N–H and O–H groups in total. The fourth-order valence-corrected chi connectivity index (χ4v) is 4.43. The Bertz CT molecular complexity index is 863. The summed E-state index contributed by atoms with van der Waals surface area (Å²) in [5, 5.41) is 7.79. The lowest BCUT2D eigenvalue weighted by molar-refractivity contribution is -0.0255. The summed E-state index contributed by atoms with van der Waals surface area (Å²) < 4.78 is 14.0. The topological polar surface area (TPSA) is 63.9 Å². The lowest BCUT2D eigenvalue weighted by Crippen LogP contribution is -2.48. The largest absolute Gasteiger partial charge is 0.373 e. The van der Waals surface area contributed by atoms with E-state index in [-0.39, 0.29) is 12.2 Å². The molecule has 7 nitrogen and oxygen atoms in total. The maximum Gasteiger partial charge on any atom is 0.194 e. The third-order valence-electron chi connectivity index (χ3n) is 6.12. The van der Waals surface area contributed by atoms with Gasteiger partial charge in [-0.05, 0) is 32.3 Å². The van der Waals surface area contributed by atoms with Gasteiger partial charge in [-0.25, -0.2) is 0 Å².